The molecule has 1 aromatic heterocycles. The van der Waals surface area contributed by atoms with Crippen molar-refractivity contribution in [2.75, 3.05) is 16.8 Å². The average Bonchev–Trinajstić information content (AvgIpc) is 2.77. The number of para-hydroxylation sites is 1. The molecule has 0 bridgehead atoms. The Balaban J connectivity index is 1.71. The maximum Gasteiger partial charge on any atom is 0.418 e. The minimum Gasteiger partial charge on any atom is -0.382 e. The highest BCUT2D eigenvalue weighted by molar-refractivity contribution is 7.99. The van der Waals surface area contributed by atoms with Gasteiger partial charge in [-0.15, -0.1) is 0 Å². The largest absolute Gasteiger partial charge is 0.418 e. The Labute approximate surface area is 198 Å². The molecule has 0 spiro atoms. The van der Waals surface area contributed by atoms with Gasteiger partial charge in [0.2, 0.25) is 15.7 Å². The van der Waals surface area contributed by atoms with E-state index in [1.807, 2.05) is 13.8 Å². The number of aromatic nitrogens is 2. The van der Waals surface area contributed by atoms with Crippen LogP contribution >= 0.6 is 11.8 Å². The van der Waals surface area contributed by atoms with Gasteiger partial charge in [0, 0.05) is 0 Å². The minimum absolute atomic E-state index is 0.00543. The summed E-state index contributed by atoms with van der Waals surface area (Å²) in [6.07, 6.45) is -3.57. The van der Waals surface area contributed by atoms with Crippen molar-refractivity contribution < 1.29 is 26.4 Å². The van der Waals surface area contributed by atoms with Gasteiger partial charge in [0.25, 0.3) is 0 Å². The first kappa shape index (κ1) is 25.5. The maximum absolute atomic E-state index is 13.1. The van der Waals surface area contributed by atoms with E-state index in [9.17, 15) is 26.4 Å². The highest BCUT2D eigenvalue weighted by atomic mass is 32.2. The summed E-state index contributed by atoms with van der Waals surface area (Å²) < 4.78 is 65.0. The van der Waals surface area contributed by atoms with Gasteiger partial charge in [-0.3, -0.25) is 4.79 Å². The molecule has 0 fully saturated rings. The van der Waals surface area contributed by atoms with Gasteiger partial charge < -0.3 is 11.1 Å². The lowest BCUT2D eigenvalue weighted by atomic mass is 10.0. The first-order valence-electron chi connectivity index (χ1n) is 9.96. The summed E-state index contributed by atoms with van der Waals surface area (Å²) in [5.41, 5.74) is 5.49. The lowest BCUT2D eigenvalue weighted by Crippen LogP contribution is -2.18. The number of nitrogen functional groups attached to an aromatic ring is 1. The number of thioether (sulfide) groups is 1. The van der Waals surface area contributed by atoms with E-state index in [0.717, 1.165) is 35.7 Å². The van der Waals surface area contributed by atoms with Crippen molar-refractivity contribution in [3.05, 3.63) is 65.9 Å². The van der Waals surface area contributed by atoms with Gasteiger partial charge in [-0.25, -0.2) is 18.4 Å². The van der Waals surface area contributed by atoms with E-state index in [1.165, 1.54) is 24.3 Å². The number of alkyl halides is 3. The third-order valence-corrected chi connectivity index (χ3v) is 7.39. The second kappa shape index (κ2) is 10.0. The number of carbonyl (C=O) groups is 1. The minimum atomic E-state index is -4.62. The molecule has 12 heteroatoms. The van der Waals surface area contributed by atoms with Crippen molar-refractivity contribution in [2.24, 2.45) is 0 Å². The van der Waals surface area contributed by atoms with Crippen molar-refractivity contribution in [3.8, 4) is 0 Å². The average molecular weight is 511 g/mol. The van der Waals surface area contributed by atoms with Crippen LogP contribution in [0.4, 0.5) is 24.7 Å². The lowest BCUT2D eigenvalue weighted by molar-refractivity contribution is -0.137. The number of halogens is 3. The molecule has 180 valence electrons. The van der Waals surface area contributed by atoms with E-state index in [4.69, 9.17) is 5.73 Å². The molecule has 0 radical (unpaired) electrons. The summed E-state index contributed by atoms with van der Waals surface area (Å²) in [4.78, 5) is 19.8. The molecule has 0 aliphatic heterocycles. The van der Waals surface area contributed by atoms with Crippen LogP contribution in [0, 0.1) is 0 Å². The van der Waals surface area contributed by atoms with Crippen molar-refractivity contribution in [1.29, 1.82) is 0 Å². The number of rotatable bonds is 7. The van der Waals surface area contributed by atoms with Crippen LogP contribution < -0.4 is 11.1 Å². The number of nitrogens with two attached hydrogens (primary N) is 1. The predicted octanol–water partition coefficient (Wildman–Crippen LogP) is 4.76. The topological polar surface area (TPSA) is 115 Å². The number of nitrogens with zero attached hydrogens (tertiary/aromatic N) is 2. The number of amides is 1. The molecular formula is C22H21F3N4O3S2. The normalized spacial score (nSPS) is 12.1. The van der Waals surface area contributed by atoms with Crippen molar-refractivity contribution >= 4 is 39.0 Å². The van der Waals surface area contributed by atoms with E-state index >= 15 is 0 Å². The molecule has 7 nitrogen and oxygen atoms in total. The van der Waals surface area contributed by atoms with E-state index in [0.29, 0.717) is 0 Å². The molecule has 0 saturated carbocycles. The number of hydrogen-bond donors (Lipinski definition) is 2. The molecular weight excluding hydrogens is 489 g/mol. The molecule has 3 rings (SSSR count). The smallest absolute Gasteiger partial charge is 0.382 e. The van der Waals surface area contributed by atoms with Crippen LogP contribution in [0.1, 0.15) is 30.9 Å². The molecule has 0 saturated heterocycles. The summed E-state index contributed by atoms with van der Waals surface area (Å²) in [5.74, 6) is -1.09. The van der Waals surface area contributed by atoms with Gasteiger partial charge >= 0.3 is 6.18 Å². The molecule has 0 atom stereocenters. The van der Waals surface area contributed by atoms with Gasteiger partial charge in [0.05, 0.1) is 28.1 Å². The summed E-state index contributed by atoms with van der Waals surface area (Å²) in [5, 5.41) is 2.21. The summed E-state index contributed by atoms with van der Waals surface area (Å²) >= 11 is 0.805. The molecule has 2 aromatic carbocycles. The summed E-state index contributed by atoms with van der Waals surface area (Å²) in [6, 6.07) is 11.0. The second-order valence-electron chi connectivity index (χ2n) is 7.51. The van der Waals surface area contributed by atoms with Crippen LogP contribution in [-0.4, -0.2) is 30.0 Å². The highest BCUT2D eigenvalue weighted by Gasteiger charge is 2.33. The zero-order valence-electron chi connectivity index (χ0n) is 18.1. The second-order valence-corrected chi connectivity index (χ2v) is 10.4. The van der Waals surface area contributed by atoms with Crippen LogP contribution in [0.2, 0.25) is 0 Å². The number of anilines is 2. The monoisotopic (exact) mass is 510 g/mol. The summed E-state index contributed by atoms with van der Waals surface area (Å²) in [6.45, 7) is 3.97. The third kappa shape index (κ3) is 5.86. The van der Waals surface area contributed by atoms with Gasteiger partial charge in [0.15, 0.2) is 5.16 Å². The quantitative estimate of drug-likeness (QED) is 0.348. The van der Waals surface area contributed by atoms with Gasteiger partial charge in [-0.2, -0.15) is 13.2 Å². The Kier molecular flexibility index (Phi) is 7.51. The first-order valence-corrected chi connectivity index (χ1v) is 12.4. The number of sulfone groups is 1. The number of hydrogen-bond acceptors (Lipinski definition) is 7. The SMILES string of the molecule is CC(C)c1ccc(S(=O)(=O)c2cnc(SCC(=O)Nc3ccccc3C(F)(F)F)nc2N)cc1. The number of benzene rings is 2. The van der Waals surface area contributed by atoms with Crippen LogP contribution in [-0.2, 0) is 20.8 Å². The van der Waals surface area contributed by atoms with Crippen LogP contribution in [0.25, 0.3) is 0 Å². The lowest BCUT2D eigenvalue weighted by Gasteiger charge is -2.13. The number of carbonyl (C=O) groups excluding carboxylic acids is 1. The molecule has 1 amide bonds. The Morgan fingerprint density at radius 2 is 1.76 bits per heavy atom. The van der Waals surface area contributed by atoms with Gasteiger partial charge in [-0.1, -0.05) is 49.9 Å². The Morgan fingerprint density at radius 3 is 2.35 bits per heavy atom. The van der Waals surface area contributed by atoms with Gasteiger partial charge in [0.1, 0.15) is 10.7 Å². The standard InChI is InChI=1S/C22H21F3N4O3S2/c1-13(2)14-7-9-15(10-8-14)34(31,32)18-11-27-21(29-20(18)26)33-12-19(30)28-17-6-4-3-5-16(17)22(23,24)25/h3-11,13H,12H2,1-2H3,(H,28,30)(H2,26,27,29). The highest BCUT2D eigenvalue weighted by Crippen LogP contribution is 2.34. The Bertz CT molecular complexity index is 1300. The predicted molar refractivity (Wildman–Crippen MR) is 123 cm³/mol. The third-order valence-electron chi connectivity index (χ3n) is 4.75. The van der Waals surface area contributed by atoms with E-state index in [-0.39, 0.29) is 38.1 Å². The van der Waals surface area contributed by atoms with E-state index < -0.39 is 27.5 Å². The fourth-order valence-corrected chi connectivity index (χ4v) is 4.84. The molecule has 3 aromatic rings. The summed E-state index contributed by atoms with van der Waals surface area (Å²) in [7, 11) is -3.96. The first-order chi connectivity index (χ1) is 15.9. The van der Waals surface area contributed by atoms with Crippen LogP contribution in [0.5, 0.6) is 0 Å². The van der Waals surface area contributed by atoms with Gasteiger partial charge in [-0.05, 0) is 35.7 Å². The molecule has 0 aliphatic rings. The Hall–Kier alpha value is -3.12. The molecule has 1 heterocycles. The van der Waals surface area contributed by atoms with Crippen LogP contribution in [0.3, 0.4) is 0 Å². The molecule has 0 aliphatic carbocycles. The molecule has 34 heavy (non-hydrogen) atoms. The zero-order valence-corrected chi connectivity index (χ0v) is 19.8. The maximum atomic E-state index is 13.1. The van der Waals surface area contributed by atoms with Crippen LogP contribution in [0.15, 0.2) is 69.7 Å². The fourth-order valence-electron chi connectivity index (χ4n) is 2.96. The van der Waals surface area contributed by atoms with E-state index in [2.05, 4.69) is 15.3 Å². The van der Waals surface area contributed by atoms with Crippen molar-refractivity contribution in [2.45, 2.75) is 40.9 Å². The fraction of sp³-hybridized carbons (Fsp3) is 0.227. The number of nitrogens with one attached hydrogen (secondary N) is 1. The van der Waals surface area contributed by atoms with Crippen molar-refractivity contribution in [1.82, 2.24) is 9.97 Å². The van der Waals surface area contributed by atoms with Crippen molar-refractivity contribution in [3.63, 3.8) is 0 Å². The zero-order chi connectivity index (χ0) is 25.1. The molecule has 0 unspecified atom stereocenters. The molecule has 3 N–H and O–H groups in total. The Morgan fingerprint density at radius 1 is 1.12 bits per heavy atom. The van der Waals surface area contributed by atoms with E-state index in [1.54, 1.807) is 12.1 Å².